The Morgan fingerprint density at radius 3 is 2.97 bits per heavy atom. The molecule has 0 spiro atoms. The maximum atomic E-state index is 12.7. The molecule has 2 fully saturated rings. The maximum absolute atomic E-state index is 12.7. The number of hydrogen-bond acceptors (Lipinski definition) is 7. The van der Waals surface area contributed by atoms with E-state index in [1.54, 1.807) is 29.2 Å². The number of nitrogens with one attached hydrogen (secondary N) is 2. The van der Waals surface area contributed by atoms with E-state index in [0.29, 0.717) is 37.6 Å². The summed E-state index contributed by atoms with van der Waals surface area (Å²) in [6, 6.07) is 5.94. The van der Waals surface area contributed by atoms with E-state index in [4.69, 9.17) is 26.4 Å². The molecule has 9 nitrogen and oxygen atoms in total. The molecule has 32 heavy (non-hydrogen) atoms. The minimum Gasteiger partial charge on any atom is -0.494 e. The molecule has 0 aromatic heterocycles. The molecular formula is C22H29N3O6S. The number of ether oxygens (including phenoxy) is 3. The van der Waals surface area contributed by atoms with Crippen molar-refractivity contribution in [2.24, 2.45) is 0 Å². The highest BCUT2D eigenvalue weighted by molar-refractivity contribution is 7.80. The van der Waals surface area contributed by atoms with Gasteiger partial charge in [0.05, 0.1) is 19.1 Å². The molecule has 2 unspecified atom stereocenters. The van der Waals surface area contributed by atoms with Crippen molar-refractivity contribution in [3.8, 4) is 5.75 Å². The van der Waals surface area contributed by atoms with Gasteiger partial charge in [0.1, 0.15) is 18.4 Å². The van der Waals surface area contributed by atoms with Gasteiger partial charge in [0.15, 0.2) is 5.11 Å². The van der Waals surface area contributed by atoms with Crippen LogP contribution in [0.4, 0.5) is 0 Å². The molecular weight excluding hydrogens is 434 g/mol. The Balaban J connectivity index is 1.58. The third-order valence-electron chi connectivity index (χ3n) is 5.20. The van der Waals surface area contributed by atoms with E-state index in [1.165, 1.54) is 0 Å². The van der Waals surface area contributed by atoms with Crippen molar-refractivity contribution in [2.45, 2.75) is 44.8 Å². The number of piperazine rings is 1. The van der Waals surface area contributed by atoms with Gasteiger partial charge < -0.3 is 24.4 Å². The normalized spacial score (nSPS) is 20.4. The Labute approximate surface area is 192 Å². The first-order valence-corrected chi connectivity index (χ1v) is 11.3. The van der Waals surface area contributed by atoms with Crippen LogP contribution in [-0.2, 0) is 19.1 Å². The monoisotopic (exact) mass is 463 g/mol. The van der Waals surface area contributed by atoms with Crippen molar-refractivity contribution in [1.82, 2.24) is 15.5 Å². The zero-order valence-electron chi connectivity index (χ0n) is 18.1. The second-order valence-corrected chi connectivity index (χ2v) is 8.04. The number of carbonyl (C=O) groups is 3. The standard InChI is InChI=1S/C22H29N3O6S/c1-2-10-29-16-6-3-5-15(12-16)20(27)24-22(32)25-9-8-23-21(28)18(25)13-19(26)31-14-17-7-4-11-30-17/h3,5-6,12,17-18H,2,4,7-11,13-14H2,1H3,(H,23,28)(H,24,27,32). The zero-order valence-corrected chi connectivity index (χ0v) is 18.9. The van der Waals surface area contributed by atoms with Crippen LogP contribution >= 0.6 is 12.2 Å². The molecule has 174 valence electrons. The third kappa shape index (κ3) is 6.64. The predicted octanol–water partition coefficient (Wildman–Crippen LogP) is 1.40. The molecule has 0 saturated carbocycles. The fourth-order valence-electron chi connectivity index (χ4n) is 3.53. The van der Waals surface area contributed by atoms with Crippen molar-refractivity contribution in [2.75, 3.05) is 32.9 Å². The Morgan fingerprint density at radius 2 is 2.22 bits per heavy atom. The summed E-state index contributed by atoms with van der Waals surface area (Å²) in [4.78, 5) is 39.0. The summed E-state index contributed by atoms with van der Waals surface area (Å²) in [6.45, 7) is 4.12. The highest BCUT2D eigenvalue weighted by Crippen LogP contribution is 2.16. The summed E-state index contributed by atoms with van der Waals surface area (Å²) in [5, 5.41) is 5.48. The van der Waals surface area contributed by atoms with Crippen LogP contribution in [0.15, 0.2) is 24.3 Å². The summed E-state index contributed by atoms with van der Waals surface area (Å²) < 4.78 is 16.3. The van der Waals surface area contributed by atoms with Gasteiger partial charge in [-0.2, -0.15) is 0 Å². The topological polar surface area (TPSA) is 106 Å². The molecule has 1 aromatic carbocycles. The van der Waals surface area contributed by atoms with E-state index in [1.807, 2.05) is 6.92 Å². The average molecular weight is 464 g/mol. The van der Waals surface area contributed by atoms with Crippen LogP contribution in [0.2, 0.25) is 0 Å². The van der Waals surface area contributed by atoms with E-state index in [2.05, 4.69) is 10.6 Å². The molecule has 1 aromatic rings. The van der Waals surface area contributed by atoms with Gasteiger partial charge in [0.2, 0.25) is 5.91 Å². The minimum atomic E-state index is -0.854. The lowest BCUT2D eigenvalue weighted by atomic mass is 10.1. The second kappa shape index (κ2) is 11.8. The minimum absolute atomic E-state index is 0.0849. The highest BCUT2D eigenvalue weighted by atomic mass is 32.1. The number of thiocarbonyl (C=S) groups is 1. The second-order valence-electron chi connectivity index (χ2n) is 7.66. The van der Waals surface area contributed by atoms with Crippen LogP contribution < -0.4 is 15.4 Å². The lowest BCUT2D eigenvalue weighted by Gasteiger charge is -2.36. The SMILES string of the molecule is CCCOc1cccc(C(=O)NC(=S)N2CCNC(=O)C2CC(=O)OCC2CCCO2)c1. The Hall–Kier alpha value is -2.72. The Bertz CT molecular complexity index is 843. The molecule has 2 amide bonds. The predicted molar refractivity (Wildman–Crippen MR) is 120 cm³/mol. The molecule has 0 radical (unpaired) electrons. The molecule has 2 saturated heterocycles. The van der Waals surface area contributed by atoms with Crippen molar-refractivity contribution >= 4 is 35.1 Å². The van der Waals surface area contributed by atoms with Gasteiger partial charge in [-0.25, -0.2) is 0 Å². The van der Waals surface area contributed by atoms with Crippen molar-refractivity contribution in [3.63, 3.8) is 0 Å². The molecule has 2 N–H and O–H groups in total. The van der Waals surface area contributed by atoms with Crippen LogP contribution in [-0.4, -0.2) is 72.9 Å². The molecule has 2 aliphatic rings. The molecule has 10 heteroatoms. The zero-order chi connectivity index (χ0) is 22.9. The van der Waals surface area contributed by atoms with Crippen LogP contribution in [0.3, 0.4) is 0 Å². The van der Waals surface area contributed by atoms with Gasteiger partial charge in [-0.3, -0.25) is 19.7 Å². The lowest BCUT2D eigenvalue weighted by Crippen LogP contribution is -2.60. The average Bonchev–Trinajstić information content (AvgIpc) is 3.31. The Morgan fingerprint density at radius 1 is 1.38 bits per heavy atom. The quantitative estimate of drug-likeness (QED) is 0.440. The van der Waals surface area contributed by atoms with E-state index in [-0.39, 0.29) is 30.2 Å². The van der Waals surface area contributed by atoms with Gasteiger partial charge in [0.25, 0.3) is 5.91 Å². The van der Waals surface area contributed by atoms with Gasteiger partial charge in [0, 0.05) is 25.3 Å². The largest absolute Gasteiger partial charge is 0.494 e. The van der Waals surface area contributed by atoms with Gasteiger partial charge >= 0.3 is 5.97 Å². The van der Waals surface area contributed by atoms with E-state index in [9.17, 15) is 14.4 Å². The van der Waals surface area contributed by atoms with Crippen molar-refractivity contribution < 1.29 is 28.6 Å². The van der Waals surface area contributed by atoms with Crippen LogP contribution in [0.5, 0.6) is 5.75 Å². The molecule has 2 aliphatic heterocycles. The summed E-state index contributed by atoms with van der Waals surface area (Å²) in [7, 11) is 0. The third-order valence-corrected chi connectivity index (χ3v) is 5.53. The van der Waals surface area contributed by atoms with Gasteiger partial charge in [-0.05, 0) is 49.7 Å². The summed E-state index contributed by atoms with van der Waals surface area (Å²) in [5.74, 6) is -0.670. The fourth-order valence-corrected chi connectivity index (χ4v) is 3.84. The smallest absolute Gasteiger partial charge is 0.308 e. The molecule has 0 aliphatic carbocycles. The number of esters is 1. The number of amides is 2. The number of nitrogens with zero attached hydrogens (tertiary/aromatic N) is 1. The van der Waals surface area contributed by atoms with E-state index < -0.39 is 17.9 Å². The molecule has 2 atom stereocenters. The Kier molecular flexibility index (Phi) is 8.81. The number of rotatable bonds is 8. The number of hydrogen-bond donors (Lipinski definition) is 2. The summed E-state index contributed by atoms with van der Waals surface area (Å²) in [5.41, 5.74) is 0.384. The number of benzene rings is 1. The van der Waals surface area contributed by atoms with Crippen molar-refractivity contribution in [3.05, 3.63) is 29.8 Å². The van der Waals surface area contributed by atoms with Gasteiger partial charge in [-0.1, -0.05) is 13.0 Å². The van der Waals surface area contributed by atoms with Crippen LogP contribution in [0.1, 0.15) is 43.0 Å². The van der Waals surface area contributed by atoms with E-state index >= 15 is 0 Å². The lowest BCUT2D eigenvalue weighted by molar-refractivity contribution is -0.150. The van der Waals surface area contributed by atoms with E-state index in [0.717, 1.165) is 19.3 Å². The first-order chi connectivity index (χ1) is 15.5. The first-order valence-electron chi connectivity index (χ1n) is 10.9. The molecule has 3 rings (SSSR count). The summed E-state index contributed by atoms with van der Waals surface area (Å²) >= 11 is 5.40. The molecule has 0 bridgehead atoms. The van der Waals surface area contributed by atoms with Crippen LogP contribution in [0.25, 0.3) is 0 Å². The maximum Gasteiger partial charge on any atom is 0.308 e. The summed E-state index contributed by atoms with van der Waals surface area (Å²) in [6.07, 6.45) is 2.39. The van der Waals surface area contributed by atoms with Crippen molar-refractivity contribution in [1.29, 1.82) is 0 Å². The molecule has 2 heterocycles. The number of carbonyl (C=O) groups excluding carboxylic acids is 3. The van der Waals surface area contributed by atoms with Crippen LogP contribution in [0, 0.1) is 0 Å². The highest BCUT2D eigenvalue weighted by Gasteiger charge is 2.34. The first kappa shape index (κ1) is 23.9. The fraction of sp³-hybridized carbons (Fsp3) is 0.545. The van der Waals surface area contributed by atoms with Gasteiger partial charge in [-0.15, -0.1) is 0 Å².